The Morgan fingerprint density at radius 2 is 2.20 bits per heavy atom. The molecule has 0 unspecified atom stereocenters. The summed E-state index contributed by atoms with van der Waals surface area (Å²) in [5, 5.41) is 0.0731. The fourth-order valence-electron chi connectivity index (χ4n) is 1.53. The normalized spacial score (nSPS) is 14.9. The van der Waals surface area contributed by atoms with Crippen LogP contribution in [0.25, 0.3) is 0 Å². The molecular weight excluding hydrogens is 217 g/mol. The average Bonchev–Trinajstić information content (AvgIpc) is 2.10. The quantitative estimate of drug-likeness (QED) is 0.759. The van der Waals surface area contributed by atoms with Crippen molar-refractivity contribution in [3.63, 3.8) is 0 Å². The molecule has 0 radical (unpaired) electrons. The number of rotatable bonds is 2. The van der Waals surface area contributed by atoms with Gasteiger partial charge in [-0.1, -0.05) is 23.7 Å². The lowest BCUT2D eigenvalue weighted by Crippen LogP contribution is -2.42. The third-order valence-corrected chi connectivity index (χ3v) is 2.87. The molecule has 15 heavy (non-hydrogen) atoms. The highest BCUT2D eigenvalue weighted by Crippen LogP contribution is 2.19. The summed E-state index contributed by atoms with van der Waals surface area (Å²) >= 11 is 5.62. The third kappa shape index (κ3) is 2.12. The van der Waals surface area contributed by atoms with E-state index in [2.05, 4.69) is 0 Å². The first kappa shape index (κ1) is 10.4. The Balaban J connectivity index is 2.09. The van der Waals surface area contributed by atoms with Gasteiger partial charge in [0.05, 0.1) is 11.4 Å². The number of hydrogen-bond donors (Lipinski definition) is 0. The fraction of sp³-hybridized carbons (Fsp3) is 0.364. The van der Waals surface area contributed by atoms with E-state index in [9.17, 15) is 9.18 Å². The summed E-state index contributed by atoms with van der Waals surface area (Å²) in [6, 6.07) is 4.73. The van der Waals surface area contributed by atoms with E-state index in [0.29, 0.717) is 5.56 Å². The number of nitrogens with zero attached hydrogens (tertiary/aromatic N) is 1. The van der Waals surface area contributed by atoms with Crippen LogP contribution >= 0.6 is 11.6 Å². The predicted octanol–water partition coefficient (Wildman–Crippen LogP) is 2.25. The van der Waals surface area contributed by atoms with Crippen molar-refractivity contribution in [2.45, 2.75) is 12.8 Å². The average molecular weight is 228 g/mol. The van der Waals surface area contributed by atoms with Crippen LogP contribution in [0.15, 0.2) is 18.2 Å². The van der Waals surface area contributed by atoms with Crippen LogP contribution in [0, 0.1) is 5.82 Å². The van der Waals surface area contributed by atoms with Crippen LogP contribution < -0.4 is 0 Å². The summed E-state index contributed by atoms with van der Waals surface area (Å²) < 4.78 is 13.4. The molecule has 1 aliphatic rings. The number of carbonyl (C=O) groups is 1. The molecule has 1 aromatic rings. The third-order valence-electron chi connectivity index (χ3n) is 2.58. The minimum absolute atomic E-state index is 0.0255. The predicted molar refractivity (Wildman–Crippen MR) is 56.3 cm³/mol. The van der Waals surface area contributed by atoms with Crippen molar-refractivity contribution in [3.8, 4) is 0 Å². The Kier molecular flexibility index (Phi) is 2.91. The summed E-state index contributed by atoms with van der Waals surface area (Å²) in [6.45, 7) is 1.59. The van der Waals surface area contributed by atoms with Crippen molar-refractivity contribution in [1.29, 1.82) is 0 Å². The van der Waals surface area contributed by atoms with E-state index in [-0.39, 0.29) is 17.4 Å². The number of amides is 1. The number of likely N-dealkylation sites (tertiary alicyclic amines) is 1. The van der Waals surface area contributed by atoms with E-state index in [4.69, 9.17) is 11.6 Å². The summed E-state index contributed by atoms with van der Waals surface area (Å²) in [4.78, 5) is 13.3. The Morgan fingerprint density at radius 3 is 2.80 bits per heavy atom. The van der Waals surface area contributed by atoms with Crippen molar-refractivity contribution < 1.29 is 9.18 Å². The van der Waals surface area contributed by atoms with Gasteiger partial charge in [-0.05, 0) is 18.1 Å². The van der Waals surface area contributed by atoms with Crippen LogP contribution in [0.4, 0.5) is 4.39 Å². The van der Waals surface area contributed by atoms with E-state index >= 15 is 0 Å². The Hall–Kier alpha value is -1.09. The molecule has 4 heteroatoms. The minimum Gasteiger partial charge on any atom is -0.342 e. The molecule has 1 saturated heterocycles. The zero-order valence-electron chi connectivity index (χ0n) is 8.17. The summed E-state index contributed by atoms with van der Waals surface area (Å²) in [6.07, 6.45) is 1.15. The van der Waals surface area contributed by atoms with Gasteiger partial charge in [0, 0.05) is 13.1 Å². The number of halogens is 2. The lowest BCUT2D eigenvalue weighted by molar-refractivity contribution is -0.133. The fourth-order valence-corrected chi connectivity index (χ4v) is 1.72. The monoisotopic (exact) mass is 227 g/mol. The Bertz CT molecular complexity index is 390. The number of benzene rings is 1. The molecular formula is C11H11ClFNO. The summed E-state index contributed by atoms with van der Waals surface area (Å²) in [7, 11) is 0. The molecule has 1 heterocycles. The van der Waals surface area contributed by atoms with Gasteiger partial charge in [0.15, 0.2) is 0 Å². The first-order valence-corrected chi connectivity index (χ1v) is 5.27. The molecule has 1 amide bonds. The highest BCUT2D eigenvalue weighted by atomic mass is 35.5. The number of carbonyl (C=O) groups excluding carboxylic acids is 1. The standard InChI is InChI=1S/C11H11ClFNO/c12-9-4-1-3-8(11(9)13)7-10(15)14-5-2-6-14/h1,3-4H,2,5-7H2. The molecule has 0 spiro atoms. The van der Waals surface area contributed by atoms with Gasteiger partial charge in [-0.3, -0.25) is 4.79 Å². The van der Waals surface area contributed by atoms with Gasteiger partial charge in [0.1, 0.15) is 5.82 Å². The zero-order chi connectivity index (χ0) is 10.8. The molecule has 80 valence electrons. The van der Waals surface area contributed by atoms with E-state index in [1.165, 1.54) is 6.07 Å². The van der Waals surface area contributed by atoms with E-state index < -0.39 is 5.82 Å². The largest absolute Gasteiger partial charge is 0.342 e. The van der Waals surface area contributed by atoms with Gasteiger partial charge in [-0.25, -0.2) is 4.39 Å². The summed E-state index contributed by atoms with van der Waals surface area (Å²) in [5.74, 6) is -0.504. The number of hydrogen-bond acceptors (Lipinski definition) is 1. The molecule has 0 saturated carbocycles. The molecule has 0 atom stereocenters. The van der Waals surface area contributed by atoms with Crippen molar-refractivity contribution in [3.05, 3.63) is 34.6 Å². The van der Waals surface area contributed by atoms with Gasteiger partial charge in [-0.2, -0.15) is 0 Å². The highest BCUT2D eigenvalue weighted by Gasteiger charge is 2.21. The lowest BCUT2D eigenvalue weighted by Gasteiger charge is -2.31. The van der Waals surface area contributed by atoms with E-state index in [1.807, 2.05) is 0 Å². The van der Waals surface area contributed by atoms with Gasteiger partial charge < -0.3 is 4.90 Å². The van der Waals surface area contributed by atoms with Crippen LogP contribution in [0.5, 0.6) is 0 Å². The molecule has 1 aromatic carbocycles. The van der Waals surface area contributed by atoms with Crippen molar-refractivity contribution in [2.24, 2.45) is 0 Å². The van der Waals surface area contributed by atoms with Gasteiger partial charge in [0.25, 0.3) is 0 Å². The summed E-state index contributed by atoms with van der Waals surface area (Å²) in [5.41, 5.74) is 0.374. The molecule has 0 aliphatic carbocycles. The maximum absolute atomic E-state index is 13.4. The molecule has 2 rings (SSSR count). The van der Waals surface area contributed by atoms with Gasteiger partial charge >= 0.3 is 0 Å². The Morgan fingerprint density at radius 1 is 1.47 bits per heavy atom. The molecule has 0 N–H and O–H groups in total. The molecule has 1 fully saturated rings. The van der Waals surface area contributed by atoms with Crippen LogP contribution in [0.1, 0.15) is 12.0 Å². The van der Waals surface area contributed by atoms with Crippen LogP contribution in [-0.4, -0.2) is 23.9 Å². The second-order valence-corrected chi connectivity index (χ2v) is 4.03. The lowest BCUT2D eigenvalue weighted by atomic mass is 10.1. The Labute approximate surface area is 92.6 Å². The molecule has 0 bridgehead atoms. The van der Waals surface area contributed by atoms with Crippen LogP contribution in [0.2, 0.25) is 5.02 Å². The first-order chi connectivity index (χ1) is 7.18. The second kappa shape index (κ2) is 4.19. The topological polar surface area (TPSA) is 20.3 Å². The van der Waals surface area contributed by atoms with Gasteiger partial charge in [0.2, 0.25) is 5.91 Å². The first-order valence-electron chi connectivity index (χ1n) is 4.89. The van der Waals surface area contributed by atoms with E-state index in [0.717, 1.165) is 19.5 Å². The molecule has 0 aromatic heterocycles. The second-order valence-electron chi connectivity index (χ2n) is 3.62. The zero-order valence-corrected chi connectivity index (χ0v) is 8.93. The van der Waals surface area contributed by atoms with E-state index in [1.54, 1.807) is 17.0 Å². The van der Waals surface area contributed by atoms with Crippen molar-refractivity contribution in [1.82, 2.24) is 4.90 Å². The van der Waals surface area contributed by atoms with Crippen LogP contribution in [-0.2, 0) is 11.2 Å². The SMILES string of the molecule is O=C(Cc1cccc(Cl)c1F)N1CCC1. The maximum Gasteiger partial charge on any atom is 0.227 e. The maximum atomic E-state index is 13.4. The minimum atomic E-state index is -0.479. The van der Waals surface area contributed by atoms with Gasteiger partial charge in [-0.15, -0.1) is 0 Å². The smallest absolute Gasteiger partial charge is 0.227 e. The molecule has 1 aliphatic heterocycles. The van der Waals surface area contributed by atoms with Crippen molar-refractivity contribution in [2.75, 3.05) is 13.1 Å². The highest BCUT2D eigenvalue weighted by molar-refractivity contribution is 6.30. The van der Waals surface area contributed by atoms with Crippen molar-refractivity contribution >= 4 is 17.5 Å². The van der Waals surface area contributed by atoms with Crippen LogP contribution in [0.3, 0.4) is 0 Å². The molecule has 2 nitrogen and oxygen atoms in total.